The van der Waals surface area contributed by atoms with Crippen molar-refractivity contribution in [3.63, 3.8) is 0 Å². The molecule has 0 amide bonds. The van der Waals surface area contributed by atoms with Gasteiger partial charge in [-0.1, -0.05) is 173 Å². The summed E-state index contributed by atoms with van der Waals surface area (Å²) < 4.78 is 128. The van der Waals surface area contributed by atoms with Crippen LogP contribution in [0.5, 0.6) is 0 Å². The SMILES string of the molecule is [2H]C([2H])([2H])c1c[n+](C)c(-c2c(C)ccc3c2Cc2ccccc2-3)cc1C.[2H]C([2H])([2H])c1c[n+](C)c(-c2c(C)ccc3c2Cc2ccccc2-3)cc1C([2H])(C)C.[2H]C([2H])([2H])c1c[n+](C)c(-c2c(C)ccc3c2Cc2ccccc2-3)cc1C([2H])([2H])C(C)C.[2H]C([2H])([2H])c1ccc(-c2c(C)ccc3c2Cc2ccccc2-3)[n+](C)c1. The first-order valence-electron chi connectivity index (χ1n) is 41.0. The van der Waals surface area contributed by atoms with Crippen LogP contribution in [0, 0.1) is 67.9 Å². The Morgan fingerprint density at radius 1 is 0.344 bits per heavy atom. The molecule has 4 aliphatic carbocycles. The van der Waals surface area contributed by atoms with E-state index in [0.717, 1.165) is 76.3 Å². The summed E-state index contributed by atoms with van der Waals surface area (Å²) >= 11 is 0. The van der Waals surface area contributed by atoms with Crippen molar-refractivity contribution >= 4 is 0 Å². The van der Waals surface area contributed by atoms with Gasteiger partial charge in [-0.3, -0.25) is 0 Å². The Kier molecular flexibility index (Phi) is 13.5. The standard InChI is InChI=1S/C25H28N.C24H26N.C22H22N.C21H20N/c1-16(2)12-20-14-24(26(5)15-18(20)4)25-17(3)10-11-22-21-9-7-6-8-19(21)13-23(22)25;1-15(2)21-13-23(25(5)14-17(21)4)24-16(3)10-11-20-19-9-7-6-8-18(19)12-22(20)24;1-14-9-10-19-18-8-6-5-7-17(18)12-20(19)22(14)21-11-15(2)16(3)13-23(21)4;1-14-8-11-20(22(3)13-14)21-15(2)9-10-18-17-7-5-4-6-16(17)12-19(18)21/h6-11,14-16H,12-13H2,1-5H3;6-11,13-15H,12H2,1-5H3;5-11,13H,12H2,1-4H3;4-11,13H,12H2,1-3H3/q4*+1/i4D3,12D2;4D3,15D;3D3;1D3. The second kappa shape index (κ2) is 26.5. The molecule has 0 radical (unpaired) electrons. The predicted molar refractivity (Wildman–Crippen MR) is 400 cm³/mol. The number of hydrogen-bond donors (Lipinski definition) is 0. The number of benzene rings is 8. The van der Waals surface area contributed by atoms with Crippen molar-refractivity contribution in [3.8, 4) is 89.5 Å². The average Bonchev–Trinajstić information content (AvgIpc) is 1.73. The molecule has 4 heterocycles. The molecule has 480 valence electrons. The third kappa shape index (κ3) is 12.2. The molecule has 0 saturated carbocycles. The summed E-state index contributed by atoms with van der Waals surface area (Å²) in [5, 5.41) is 0. The zero-order valence-corrected chi connectivity index (χ0v) is 57.7. The third-order valence-corrected chi connectivity index (χ3v) is 20.0. The minimum absolute atomic E-state index is 0.0750. The predicted octanol–water partition coefficient (Wildman–Crippen LogP) is 20.1. The van der Waals surface area contributed by atoms with Gasteiger partial charge in [-0.2, -0.15) is 0 Å². The normalized spacial score (nSPS) is 15.4. The molecule has 0 bridgehead atoms. The fourth-order valence-corrected chi connectivity index (χ4v) is 15.2. The van der Waals surface area contributed by atoms with Gasteiger partial charge in [0.05, 0.1) is 22.3 Å². The fourth-order valence-electron chi connectivity index (χ4n) is 15.2. The molecule has 16 rings (SSSR count). The maximum atomic E-state index is 8.69. The number of aryl methyl sites for hydroxylation is 13. The summed E-state index contributed by atoms with van der Waals surface area (Å²) in [7, 11) is 7.60. The molecule has 0 atom stereocenters. The van der Waals surface area contributed by atoms with Crippen LogP contribution in [0.3, 0.4) is 0 Å². The van der Waals surface area contributed by atoms with Crippen LogP contribution in [0.4, 0.5) is 0 Å². The molecule has 0 fully saturated rings. The van der Waals surface area contributed by atoms with Gasteiger partial charge in [-0.25, -0.2) is 18.3 Å². The molecule has 4 aromatic heterocycles. The van der Waals surface area contributed by atoms with E-state index in [1.807, 2.05) is 77.6 Å². The highest BCUT2D eigenvalue weighted by Gasteiger charge is 2.32. The molecular formula is C92H96N4+4. The molecule has 8 aromatic carbocycles. The van der Waals surface area contributed by atoms with E-state index >= 15 is 0 Å². The lowest BCUT2D eigenvalue weighted by atomic mass is 9.91. The minimum Gasteiger partial charge on any atom is -0.201 e. The maximum Gasteiger partial charge on any atom is 0.213 e. The van der Waals surface area contributed by atoms with Crippen molar-refractivity contribution in [1.29, 1.82) is 0 Å². The van der Waals surface area contributed by atoms with E-state index in [0.29, 0.717) is 16.7 Å². The lowest BCUT2D eigenvalue weighted by Crippen LogP contribution is -2.32. The average molecular weight is 1270 g/mol. The van der Waals surface area contributed by atoms with Crippen molar-refractivity contribution < 1.29 is 38.8 Å². The minimum atomic E-state index is -2.39. The second-order valence-electron chi connectivity index (χ2n) is 27.2. The van der Waals surface area contributed by atoms with Crippen molar-refractivity contribution in [3.05, 3.63) is 306 Å². The molecule has 96 heavy (non-hydrogen) atoms. The Hall–Kier alpha value is -9.64. The molecule has 0 N–H and O–H groups in total. The molecule has 0 saturated heterocycles. The third-order valence-electron chi connectivity index (χ3n) is 20.0. The van der Waals surface area contributed by atoms with E-state index in [1.165, 1.54) is 111 Å². The highest BCUT2D eigenvalue weighted by Crippen LogP contribution is 2.47. The summed E-state index contributed by atoms with van der Waals surface area (Å²) in [5.41, 5.74) is 36.6. The van der Waals surface area contributed by atoms with Crippen LogP contribution >= 0.6 is 0 Å². The van der Waals surface area contributed by atoms with Crippen molar-refractivity contribution in [2.45, 2.75) is 128 Å². The molecule has 0 aliphatic heterocycles. The number of fused-ring (bicyclic) bond motifs is 12. The fraction of sp³-hybridized carbons (Fsp3) is 0.261. The van der Waals surface area contributed by atoms with Crippen LogP contribution in [0.2, 0.25) is 0 Å². The zero-order valence-electron chi connectivity index (χ0n) is 72.7. The van der Waals surface area contributed by atoms with Gasteiger partial charge in [-0.05, 0) is 240 Å². The van der Waals surface area contributed by atoms with Crippen LogP contribution in [-0.2, 0) is 60.2 Å². The molecule has 4 nitrogen and oxygen atoms in total. The second-order valence-corrected chi connectivity index (χ2v) is 27.2. The van der Waals surface area contributed by atoms with Crippen molar-refractivity contribution in [2.75, 3.05) is 0 Å². The molecule has 12 aromatic rings. The van der Waals surface area contributed by atoms with Crippen LogP contribution < -0.4 is 18.3 Å². The summed E-state index contributed by atoms with van der Waals surface area (Å²) in [5.74, 6) is -1.37. The summed E-state index contributed by atoms with van der Waals surface area (Å²) in [6, 6.07) is 60.7. The van der Waals surface area contributed by atoms with E-state index in [2.05, 4.69) is 167 Å². The molecule has 0 unspecified atom stereocenters. The van der Waals surface area contributed by atoms with Crippen LogP contribution in [0.1, 0.15) is 160 Å². The Balaban J connectivity index is 0.000000130. The number of hydrogen-bond acceptors (Lipinski definition) is 0. The van der Waals surface area contributed by atoms with Gasteiger partial charge in [0.15, 0.2) is 24.8 Å². The Morgan fingerprint density at radius 2 is 0.698 bits per heavy atom. The van der Waals surface area contributed by atoms with Gasteiger partial charge in [-0.15, -0.1) is 0 Å². The summed E-state index contributed by atoms with van der Waals surface area (Å²) in [4.78, 5) is 0. The molecular weight excluding hydrogens is 1160 g/mol. The van der Waals surface area contributed by atoms with E-state index < -0.39 is 39.7 Å². The molecule has 0 spiro atoms. The first-order valence-corrected chi connectivity index (χ1v) is 33.5. The van der Waals surface area contributed by atoms with E-state index in [4.69, 9.17) is 20.6 Å². The van der Waals surface area contributed by atoms with Crippen LogP contribution in [0.25, 0.3) is 89.5 Å². The van der Waals surface area contributed by atoms with Gasteiger partial charge in [0.2, 0.25) is 22.8 Å². The van der Waals surface area contributed by atoms with Gasteiger partial charge in [0.1, 0.15) is 28.2 Å². The lowest BCUT2D eigenvalue weighted by molar-refractivity contribution is -0.661. The summed E-state index contributed by atoms with van der Waals surface area (Å²) in [6.45, 7) is 8.56. The Bertz CT molecular complexity index is 5710. The van der Waals surface area contributed by atoms with E-state index in [9.17, 15) is 0 Å². The molecule has 4 heteroatoms. The van der Waals surface area contributed by atoms with E-state index in [1.54, 1.807) is 64.6 Å². The smallest absolute Gasteiger partial charge is 0.201 e. The number of rotatable bonds is 7. The zero-order chi connectivity index (χ0) is 80.3. The highest BCUT2D eigenvalue weighted by atomic mass is 14.9. The topological polar surface area (TPSA) is 15.5 Å². The first-order chi connectivity index (χ1) is 52.0. The van der Waals surface area contributed by atoms with Crippen LogP contribution in [-0.4, -0.2) is 0 Å². The summed E-state index contributed by atoms with van der Waals surface area (Å²) in [6.07, 6.45) is 8.53. The van der Waals surface area contributed by atoms with Gasteiger partial charge in [0, 0.05) is 67.1 Å². The monoisotopic (exact) mass is 1270 g/mol. The van der Waals surface area contributed by atoms with Gasteiger partial charge >= 0.3 is 0 Å². The number of aromatic nitrogens is 4. The van der Waals surface area contributed by atoms with Gasteiger partial charge in [0.25, 0.3) is 0 Å². The highest BCUT2D eigenvalue weighted by molar-refractivity contribution is 5.89. The maximum absolute atomic E-state index is 8.69. The number of nitrogens with zero attached hydrogens (tertiary/aromatic N) is 4. The Morgan fingerprint density at radius 3 is 1.07 bits per heavy atom. The lowest BCUT2D eigenvalue weighted by Gasteiger charge is -2.14. The largest absolute Gasteiger partial charge is 0.213 e. The first kappa shape index (κ1) is 49.0. The van der Waals surface area contributed by atoms with Crippen molar-refractivity contribution in [2.24, 2.45) is 34.1 Å². The van der Waals surface area contributed by atoms with E-state index in [-0.39, 0.29) is 22.6 Å². The number of pyridine rings is 4. The van der Waals surface area contributed by atoms with Crippen LogP contribution in [0.15, 0.2) is 201 Å². The van der Waals surface area contributed by atoms with Crippen molar-refractivity contribution in [1.82, 2.24) is 0 Å². The Labute approximate surface area is 594 Å². The molecule has 4 aliphatic rings. The van der Waals surface area contributed by atoms with Gasteiger partial charge < -0.3 is 0 Å². The quantitative estimate of drug-likeness (QED) is 0.141.